The van der Waals surface area contributed by atoms with Crippen molar-refractivity contribution in [2.75, 3.05) is 31.6 Å². The summed E-state index contributed by atoms with van der Waals surface area (Å²) in [5, 5.41) is 3.21. The van der Waals surface area contributed by atoms with Gasteiger partial charge in [0.05, 0.1) is 18.5 Å². The van der Waals surface area contributed by atoms with Gasteiger partial charge >= 0.3 is 0 Å². The van der Waals surface area contributed by atoms with Gasteiger partial charge in [-0.2, -0.15) is 0 Å². The van der Waals surface area contributed by atoms with Crippen molar-refractivity contribution in [2.45, 2.75) is 13.5 Å². The fraction of sp³-hybridized carbons (Fsp3) is 0.350. The van der Waals surface area contributed by atoms with E-state index < -0.39 is 0 Å². The zero-order valence-corrected chi connectivity index (χ0v) is 16.4. The van der Waals surface area contributed by atoms with Crippen LogP contribution in [0.5, 0.6) is 0 Å². The molecule has 0 saturated carbocycles. The lowest BCUT2D eigenvalue weighted by molar-refractivity contribution is -0.114. The Kier molecular flexibility index (Phi) is 5.43. The standard InChI is InChI=1S/C20H23N5O4/c1-13(26)23-18-9-14(3-4-21-18)17-12-24(2)20(27)16-10-15(29-19(16)17)11-25-6-5-22-28-8-7-25/h3-4,9-10,12,22H,5-8,11H2,1-2H3,(H,21,23,26). The van der Waals surface area contributed by atoms with Gasteiger partial charge in [0.15, 0.2) is 0 Å². The topological polar surface area (TPSA) is 102 Å². The lowest BCUT2D eigenvalue weighted by Crippen LogP contribution is -2.27. The molecule has 4 rings (SSSR count). The quantitative estimate of drug-likeness (QED) is 0.688. The smallest absolute Gasteiger partial charge is 0.261 e. The molecule has 0 bridgehead atoms. The first-order valence-electron chi connectivity index (χ1n) is 9.44. The number of carbonyl (C=O) groups excluding carboxylic acids is 1. The highest BCUT2D eigenvalue weighted by molar-refractivity contribution is 5.93. The van der Waals surface area contributed by atoms with Crippen LogP contribution in [0, 0.1) is 0 Å². The number of pyridine rings is 2. The van der Waals surface area contributed by atoms with Crippen molar-refractivity contribution in [1.82, 2.24) is 19.9 Å². The summed E-state index contributed by atoms with van der Waals surface area (Å²) in [5.74, 6) is 0.972. The highest BCUT2D eigenvalue weighted by atomic mass is 16.6. The van der Waals surface area contributed by atoms with Gasteiger partial charge in [0, 0.05) is 51.6 Å². The van der Waals surface area contributed by atoms with E-state index in [1.54, 1.807) is 30.1 Å². The van der Waals surface area contributed by atoms with Crippen LogP contribution in [0.2, 0.25) is 0 Å². The van der Waals surface area contributed by atoms with Gasteiger partial charge in [0.2, 0.25) is 5.91 Å². The second-order valence-electron chi connectivity index (χ2n) is 7.04. The first-order chi connectivity index (χ1) is 14.0. The van der Waals surface area contributed by atoms with Crippen molar-refractivity contribution in [3.05, 3.63) is 46.7 Å². The van der Waals surface area contributed by atoms with E-state index >= 15 is 0 Å². The van der Waals surface area contributed by atoms with Crippen LogP contribution in [0.4, 0.5) is 5.82 Å². The number of hydrogen-bond acceptors (Lipinski definition) is 7. The summed E-state index contributed by atoms with van der Waals surface area (Å²) in [7, 11) is 1.71. The minimum absolute atomic E-state index is 0.115. The molecule has 29 heavy (non-hydrogen) atoms. The maximum atomic E-state index is 12.7. The van der Waals surface area contributed by atoms with Gasteiger partial charge in [0.1, 0.15) is 17.2 Å². The fourth-order valence-corrected chi connectivity index (χ4v) is 3.45. The molecule has 0 radical (unpaired) electrons. The predicted molar refractivity (Wildman–Crippen MR) is 108 cm³/mol. The summed E-state index contributed by atoms with van der Waals surface area (Å²) in [6.45, 7) is 4.95. The molecule has 1 amide bonds. The molecule has 1 aliphatic heterocycles. The number of hydroxylamine groups is 1. The molecule has 9 heteroatoms. The van der Waals surface area contributed by atoms with Crippen LogP contribution in [-0.4, -0.2) is 46.6 Å². The number of fused-ring (bicyclic) bond motifs is 1. The van der Waals surface area contributed by atoms with Crippen molar-refractivity contribution in [3.63, 3.8) is 0 Å². The summed E-state index contributed by atoms with van der Waals surface area (Å²) in [4.78, 5) is 35.7. The second kappa shape index (κ2) is 8.16. The predicted octanol–water partition coefficient (Wildman–Crippen LogP) is 1.49. The number of carbonyl (C=O) groups is 1. The van der Waals surface area contributed by atoms with Crippen molar-refractivity contribution < 1.29 is 14.0 Å². The van der Waals surface area contributed by atoms with Crippen LogP contribution in [0.3, 0.4) is 0 Å². The maximum absolute atomic E-state index is 12.7. The highest BCUT2D eigenvalue weighted by Crippen LogP contribution is 2.30. The van der Waals surface area contributed by atoms with E-state index in [4.69, 9.17) is 9.25 Å². The average molecular weight is 397 g/mol. The summed E-state index contributed by atoms with van der Waals surface area (Å²) in [5.41, 5.74) is 4.88. The van der Waals surface area contributed by atoms with Gasteiger partial charge in [0.25, 0.3) is 5.56 Å². The number of amides is 1. The molecule has 3 aromatic rings. The number of aromatic nitrogens is 2. The number of nitrogens with zero attached hydrogens (tertiary/aromatic N) is 3. The van der Waals surface area contributed by atoms with E-state index in [1.165, 1.54) is 6.92 Å². The fourth-order valence-electron chi connectivity index (χ4n) is 3.45. The number of aryl methyl sites for hydroxylation is 1. The van der Waals surface area contributed by atoms with E-state index in [0.29, 0.717) is 29.9 Å². The molecular formula is C20H23N5O4. The van der Waals surface area contributed by atoms with Crippen LogP contribution in [0.1, 0.15) is 12.7 Å². The van der Waals surface area contributed by atoms with E-state index in [0.717, 1.165) is 36.5 Å². The Morgan fingerprint density at radius 2 is 2.21 bits per heavy atom. The molecule has 0 aliphatic carbocycles. The van der Waals surface area contributed by atoms with Crippen molar-refractivity contribution in [1.29, 1.82) is 0 Å². The lowest BCUT2D eigenvalue weighted by atomic mass is 10.1. The molecule has 2 N–H and O–H groups in total. The second-order valence-corrected chi connectivity index (χ2v) is 7.04. The normalized spacial score (nSPS) is 15.4. The molecule has 1 fully saturated rings. The zero-order chi connectivity index (χ0) is 20.4. The molecule has 1 aliphatic rings. The first-order valence-corrected chi connectivity index (χ1v) is 9.44. The molecule has 0 atom stereocenters. The molecule has 0 aromatic carbocycles. The Labute approximate surface area is 167 Å². The number of hydrogen-bond donors (Lipinski definition) is 2. The van der Waals surface area contributed by atoms with Crippen molar-refractivity contribution >= 4 is 22.7 Å². The van der Waals surface area contributed by atoms with E-state index in [-0.39, 0.29) is 11.5 Å². The molecule has 3 aromatic heterocycles. The third kappa shape index (κ3) is 4.21. The average Bonchev–Trinajstić information content (AvgIpc) is 2.93. The van der Waals surface area contributed by atoms with Gasteiger partial charge in [-0.05, 0) is 23.8 Å². The van der Waals surface area contributed by atoms with Gasteiger partial charge < -0.3 is 19.1 Å². The Hall–Kier alpha value is -3.01. The van der Waals surface area contributed by atoms with E-state index in [1.807, 2.05) is 12.1 Å². The number of anilines is 1. The Bertz CT molecular complexity index is 1100. The van der Waals surface area contributed by atoms with Crippen LogP contribution in [0.15, 0.2) is 39.8 Å². The maximum Gasteiger partial charge on any atom is 0.261 e. The number of furan rings is 1. The highest BCUT2D eigenvalue weighted by Gasteiger charge is 2.18. The van der Waals surface area contributed by atoms with E-state index in [2.05, 4.69) is 20.7 Å². The number of rotatable bonds is 4. The van der Waals surface area contributed by atoms with Gasteiger partial charge in [-0.1, -0.05) is 0 Å². The molecule has 152 valence electrons. The molecule has 0 unspecified atom stereocenters. The zero-order valence-electron chi connectivity index (χ0n) is 16.4. The lowest BCUT2D eigenvalue weighted by Gasteiger charge is -2.16. The van der Waals surface area contributed by atoms with Crippen LogP contribution in [0.25, 0.3) is 22.1 Å². The largest absolute Gasteiger partial charge is 0.459 e. The molecule has 9 nitrogen and oxygen atoms in total. The van der Waals surface area contributed by atoms with Crippen LogP contribution in [-0.2, 0) is 23.2 Å². The Morgan fingerprint density at radius 3 is 3.03 bits per heavy atom. The third-order valence-electron chi connectivity index (χ3n) is 4.80. The third-order valence-corrected chi connectivity index (χ3v) is 4.80. The summed E-state index contributed by atoms with van der Waals surface area (Å²) in [6.07, 6.45) is 3.36. The summed E-state index contributed by atoms with van der Waals surface area (Å²) < 4.78 is 7.67. The van der Waals surface area contributed by atoms with Gasteiger partial charge in [-0.3, -0.25) is 14.5 Å². The monoisotopic (exact) mass is 397 g/mol. The summed E-state index contributed by atoms with van der Waals surface area (Å²) in [6, 6.07) is 5.40. The molecule has 1 saturated heterocycles. The molecule has 4 heterocycles. The van der Waals surface area contributed by atoms with Crippen molar-refractivity contribution in [3.8, 4) is 11.1 Å². The molecular weight excluding hydrogens is 374 g/mol. The number of nitrogens with one attached hydrogen (secondary N) is 2. The van der Waals surface area contributed by atoms with Crippen LogP contribution < -0.4 is 16.4 Å². The summed E-state index contributed by atoms with van der Waals surface area (Å²) >= 11 is 0. The van der Waals surface area contributed by atoms with Crippen molar-refractivity contribution in [2.24, 2.45) is 7.05 Å². The molecule has 0 spiro atoms. The van der Waals surface area contributed by atoms with Gasteiger partial charge in [-0.25, -0.2) is 10.5 Å². The Morgan fingerprint density at radius 1 is 1.34 bits per heavy atom. The van der Waals surface area contributed by atoms with Crippen LogP contribution >= 0.6 is 0 Å². The van der Waals surface area contributed by atoms with Gasteiger partial charge in [-0.15, -0.1) is 0 Å². The Balaban J connectivity index is 1.74. The SMILES string of the molecule is CC(=O)Nc1cc(-c2cn(C)c(=O)c3cc(CN4CCNOCC4)oc23)ccn1. The van der Waals surface area contributed by atoms with E-state index in [9.17, 15) is 9.59 Å². The first kappa shape index (κ1) is 19.3. The minimum Gasteiger partial charge on any atom is -0.459 e. The minimum atomic E-state index is -0.198.